The van der Waals surface area contributed by atoms with Gasteiger partial charge in [-0.1, -0.05) is 13.8 Å². The normalized spacial score (nSPS) is 19.0. The molecule has 0 aliphatic carbocycles. The van der Waals surface area contributed by atoms with Crippen molar-refractivity contribution in [2.45, 2.75) is 51.8 Å². The zero-order valence-electron chi connectivity index (χ0n) is 12.6. The third-order valence-electron chi connectivity index (χ3n) is 3.46. The highest BCUT2D eigenvalue weighted by Gasteiger charge is 2.18. The summed E-state index contributed by atoms with van der Waals surface area (Å²) in [5.41, 5.74) is 0.569. The van der Waals surface area contributed by atoms with Gasteiger partial charge in [-0.25, -0.2) is 8.78 Å². The molecule has 1 aromatic rings. The van der Waals surface area contributed by atoms with E-state index in [0.717, 1.165) is 19.3 Å². The van der Waals surface area contributed by atoms with Crippen LogP contribution in [0, 0.1) is 11.6 Å². The molecule has 5 heteroatoms. The fourth-order valence-corrected chi connectivity index (χ4v) is 2.29. The fraction of sp³-hybridized carbons (Fsp3) is 0.625. The minimum absolute atomic E-state index is 0.0696. The highest BCUT2D eigenvalue weighted by molar-refractivity contribution is 5.31. The van der Waals surface area contributed by atoms with Gasteiger partial charge in [0.2, 0.25) is 0 Å². The van der Waals surface area contributed by atoms with Gasteiger partial charge in [0.1, 0.15) is 6.61 Å². The number of halogens is 2. The molecule has 21 heavy (non-hydrogen) atoms. The van der Waals surface area contributed by atoms with Gasteiger partial charge in [0.05, 0.1) is 6.10 Å². The van der Waals surface area contributed by atoms with E-state index in [2.05, 4.69) is 5.32 Å². The molecule has 0 spiro atoms. The molecule has 1 atom stereocenters. The van der Waals surface area contributed by atoms with Crippen LogP contribution in [-0.4, -0.2) is 25.4 Å². The lowest BCUT2D eigenvalue weighted by atomic mass is 10.1. The zero-order chi connectivity index (χ0) is 15.2. The molecule has 1 unspecified atom stereocenters. The monoisotopic (exact) mass is 299 g/mol. The number of benzene rings is 1. The topological polar surface area (TPSA) is 30.5 Å². The summed E-state index contributed by atoms with van der Waals surface area (Å²) >= 11 is 0. The van der Waals surface area contributed by atoms with E-state index in [1.807, 2.05) is 13.8 Å². The predicted molar refractivity (Wildman–Crippen MR) is 77.4 cm³/mol. The molecule has 118 valence electrons. The number of hydrogen-bond acceptors (Lipinski definition) is 3. The second kappa shape index (κ2) is 7.71. The molecular weight excluding hydrogens is 276 g/mol. The Kier molecular flexibility index (Phi) is 5.94. The summed E-state index contributed by atoms with van der Waals surface area (Å²) in [7, 11) is 0. The average Bonchev–Trinajstić information content (AvgIpc) is 2.45. The molecule has 0 bridgehead atoms. The third kappa shape index (κ3) is 4.93. The van der Waals surface area contributed by atoms with Crippen LogP contribution < -0.4 is 10.1 Å². The van der Waals surface area contributed by atoms with Crippen molar-refractivity contribution in [3.8, 4) is 5.75 Å². The van der Waals surface area contributed by atoms with Gasteiger partial charge < -0.3 is 14.8 Å². The van der Waals surface area contributed by atoms with Crippen LogP contribution in [-0.2, 0) is 11.3 Å². The van der Waals surface area contributed by atoms with Crippen LogP contribution in [0.25, 0.3) is 0 Å². The number of hydrogen-bond donors (Lipinski definition) is 1. The first-order valence-electron chi connectivity index (χ1n) is 7.52. The van der Waals surface area contributed by atoms with Gasteiger partial charge in [0.15, 0.2) is 17.4 Å². The van der Waals surface area contributed by atoms with Gasteiger partial charge in [-0.2, -0.15) is 0 Å². The van der Waals surface area contributed by atoms with Crippen molar-refractivity contribution in [3.05, 3.63) is 29.3 Å². The first-order valence-corrected chi connectivity index (χ1v) is 7.52. The van der Waals surface area contributed by atoms with E-state index in [4.69, 9.17) is 9.47 Å². The molecule has 0 radical (unpaired) electrons. The lowest BCUT2D eigenvalue weighted by Gasteiger charge is -2.23. The van der Waals surface area contributed by atoms with Gasteiger partial charge in [-0.15, -0.1) is 0 Å². The highest BCUT2D eigenvalue weighted by atomic mass is 19.1. The molecule has 1 heterocycles. The smallest absolute Gasteiger partial charge is 0.190 e. The van der Waals surface area contributed by atoms with Crippen LogP contribution in [0.3, 0.4) is 0 Å². The second-order valence-corrected chi connectivity index (χ2v) is 5.72. The standard InChI is InChI=1S/C16H23F2NO2/c1-11(2)19-9-12-7-14(17)16(15(18)8-12)21-10-13-5-3-4-6-20-13/h7-8,11,13,19H,3-6,9-10H2,1-2H3. The van der Waals surface area contributed by atoms with E-state index < -0.39 is 11.6 Å². The fourth-order valence-electron chi connectivity index (χ4n) is 2.29. The van der Waals surface area contributed by atoms with Crippen molar-refractivity contribution in [1.82, 2.24) is 5.32 Å². The second-order valence-electron chi connectivity index (χ2n) is 5.72. The molecule has 0 aromatic heterocycles. The van der Waals surface area contributed by atoms with Gasteiger partial charge in [-0.05, 0) is 37.0 Å². The Morgan fingerprint density at radius 2 is 2.00 bits per heavy atom. The Bertz CT molecular complexity index is 437. The van der Waals surface area contributed by atoms with Crippen molar-refractivity contribution in [3.63, 3.8) is 0 Å². The SMILES string of the molecule is CC(C)NCc1cc(F)c(OCC2CCCCO2)c(F)c1. The first-order chi connectivity index (χ1) is 10.1. The Morgan fingerprint density at radius 1 is 1.29 bits per heavy atom. The average molecular weight is 299 g/mol. The van der Waals surface area contributed by atoms with Crippen molar-refractivity contribution in [1.29, 1.82) is 0 Å². The Labute approximate surface area is 124 Å². The number of nitrogens with one attached hydrogen (secondary N) is 1. The Balaban J connectivity index is 1.95. The lowest BCUT2D eigenvalue weighted by molar-refractivity contribution is -0.0124. The molecule has 1 saturated heterocycles. The van der Waals surface area contributed by atoms with Crippen LogP contribution >= 0.6 is 0 Å². The third-order valence-corrected chi connectivity index (χ3v) is 3.46. The minimum Gasteiger partial charge on any atom is -0.485 e. The zero-order valence-corrected chi connectivity index (χ0v) is 12.6. The van der Waals surface area contributed by atoms with E-state index in [1.165, 1.54) is 12.1 Å². The molecule has 0 amide bonds. The summed E-state index contributed by atoms with van der Waals surface area (Å²) in [5.74, 6) is -1.63. The lowest BCUT2D eigenvalue weighted by Crippen LogP contribution is -2.26. The van der Waals surface area contributed by atoms with E-state index in [-0.39, 0.29) is 24.5 Å². The maximum absolute atomic E-state index is 14.0. The molecule has 0 saturated carbocycles. The van der Waals surface area contributed by atoms with E-state index >= 15 is 0 Å². The van der Waals surface area contributed by atoms with E-state index in [1.54, 1.807) is 0 Å². The Morgan fingerprint density at radius 3 is 2.57 bits per heavy atom. The summed E-state index contributed by atoms with van der Waals surface area (Å²) in [4.78, 5) is 0. The van der Waals surface area contributed by atoms with E-state index in [0.29, 0.717) is 18.7 Å². The number of ether oxygens (including phenoxy) is 2. The van der Waals surface area contributed by atoms with Crippen LogP contribution in [0.5, 0.6) is 5.75 Å². The maximum atomic E-state index is 14.0. The molecular formula is C16H23F2NO2. The molecule has 1 aliphatic heterocycles. The van der Waals surface area contributed by atoms with Gasteiger partial charge in [0.25, 0.3) is 0 Å². The van der Waals surface area contributed by atoms with Crippen LogP contribution in [0.4, 0.5) is 8.78 Å². The molecule has 1 aromatic carbocycles. The van der Waals surface area contributed by atoms with Gasteiger partial charge in [0, 0.05) is 19.2 Å². The van der Waals surface area contributed by atoms with Gasteiger partial charge >= 0.3 is 0 Å². The summed E-state index contributed by atoms with van der Waals surface area (Å²) in [6.45, 7) is 5.27. The molecule has 1 N–H and O–H groups in total. The molecule has 2 rings (SSSR count). The number of rotatable bonds is 6. The quantitative estimate of drug-likeness (QED) is 0.873. The largest absolute Gasteiger partial charge is 0.485 e. The van der Waals surface area contributed by atoms with Crippen molar-refractivity contribution < 1.29 is 18.3 Å². The molecule has 1 fully saturated rings. The van der Waals surface area contributed by atoms with Crippen LogP contribution in [0.1, 0.15) is 38.7 Å². The maximum Gasteiger partial charge on any atom is 0.190 e. The van der Waals surface area contributed by atoms with Crippen molar-refractivity contribution >= 4 is 0 Å². The Hall–Kier alpha value is -1.20. The summed E-state index contributed by atoms with van der Waals surface area (Å²) in [6, 6.07) is 2.89. The minimum atomic E-state index is -0.661. The predicted octanol–water partition coefficient (Wildman–Crippen LogP) is 3.41. The summed E-state index contributed by atoms with van der Waals surface area (Å²) in [5, 5.41) is 3.13. The molecule has 1 aliphatic rings. The van der Waals surface area contributed by atoms with Crippen molar-refractivity contribution in [2.75, 3.05) is 13.2 Å². The first kappa shape index (κ1) is 16.2. The summed E-state index contributed by atoms with van der Waals surface area (Å²) in [6.07, 6.45) is 2.91. The van der Waals surface area contributed by atoms with Crippen LogP contribution in [0.2, 0.25) is 0 Å². The van der Waals surface area contributed by atoms with Crippen LogP contribution in [0.15, 0.2) is 12.1 Å². The van der Waals surface area contributed by atoms with Gasteiger partial charge in [-0.3, -0.25) is 0 Å². The van der Waals surface area contributed by atoms with E-state index in [9.17, 15) is 8.78 Å². The molecule has 3 nitrogen and oxygen atoms in total. The van der Waals surface area contributed by atoms with Crippen molar-refractivity contribution in [2.24, 2.45) is 0 Å². The highest BCUT2D eigenvalue weighted by Crippen LogP contribution is 2.24. The summed E-state index contributed by atoms with van der Waals surface area (Å²) < 4.78 is 38.7.